The first-order chi connectivity index (χ1) is 6.77. The highest BCUT2D eigenvalue weighted by atomic mass is 15.1. The number of rotatable bonds is 5. The molecule has 0 aromatic carbocycles. The fourth-order valence-corrected chi connectivity index (χ4v) is 1.11. The Bertz CT molecular complexity index is 285. The van der Waals surface area contributed by atoms with Gasteiger partial charge in [-0.2, -0.15) is 4.98 Å². The first-order valence-electron chi connectivity index (χ1n) is 5.09. The summed E-state index contributed by atoms with van der Waals surface area (Å²) in [5.74, 6) is 1.62. The van der Waals surface area contributed by atoms with E-state index < -0.39 is 0 Å². The van der Waals surface area contributed by atoms with Gasteiger partial charge in [-0.25, -0.2) is 4.98 Å². The molecule has 1 heterocycles. The summed E-state index contributed by atoms with van der Waals surface area (Å²) in [6.45, 7) is 7.96. The van der Waals surface area contributed by atoms with Gasteiger partial charge in [0.15, 0.2) is 0 Å². The molecule has 0 aliphatic carbocycles. The van der Waals surface area contributed by atoms with E-state index in [1.54, 1.807) is 0 Å². The minimum absolute atomic E-state index is 0.691. The zero-order valence-corrected chi connectivity index (χ0v) is 9.09. The van der Waals surface area contributed by atoms with E-state index in [9.17, 15) is 0 Å². The van der Waals surface area contributed by atoms with Crippen molar-refractivity contribution < 1.29 is 0 Å². The van der Waals surface area contributed by atoms with E-state index >= 15 is 0 Å². The lowest BCUT2D eigenvalue weighted by Gasteiger charge is -2.08. The lowest BCUT2D eigenvalue weighted by molar-refractivity contribution is 0.957. The average molecular weight is 194 g/mol. The Labute approximate surface area is 85.2 Å². The van der Waals surface area contributed by atoms with Gasteiger partial charge in [0, 0.05) is 24.8 Å². The standard InChI is InChI=1S/C10H18N4/c1-4-6-12-9-8(3)7-13-10(14-9)11-5-2/h7H,4-6H2,1-3H3,(H2,11,12,13,14). The summed E-state index contributed by atoms with van der Waals surface area (Å²) in [5.41, 5.74) is 1.08. The van der Waals surface area contributed by atoms with Crippen LogP contribution in [0, 0.1) is 6.92 Å². The molecule has 0 saturated heterocycles. The topological polar surface area (TPSA) is 49.8 Å². The van der Waals surface area contributed by atoms with Crippen molar-refractivity contribution in [3.8, 4) is 0 Å². The van der Waals surface area contributed by atoms with E-state index in [1.165, 1.54) is 0 Å². The van der Waals surface area contributed by atoms with Gasteiger partial charge in [-0.3, -0.25) is 0 Å². The van der Waals surface area contributed by atoms with Crippen molar-refractivity contribution in [3.05, 3.63) is 11.8 Å². The van der Waals surface area contributed by atoms with Crippen LogP contribution in [-0.2, 0) is 0 Å². The van der Waals surface area contributed by atoms with Crippen LogP contribution >= 0.6 is 0 Å². The highest BCUT2D eigenvalue weighted by molar-refractivity contribution is 5.46. The van der Waals surface area contributed by atoms with Crippen LogP contribution < -0.4 is 10.6 Å². The minimum Gasteiger partial charge on any atom is -0.370 e. The summed E-state index contributed by atoms with van der Waals surface area (Å²) >= 11 is 0. The van der Waals surface area contributed by atoms with Crippen molar-refractivity contribution >= 4 is 11.8 Å². The fraction of sp³-hybridized carbons (Fsp3) is 0.600. The zero-order chi connectivity index (χ0) is 10.4. The van der Waals surface area contributed by atoms with Crippen LogP contribution in [0.2, 0.25) is 0 Å². The summed E-state index contributed by atoms with van der Waals surface area (Å²) in [5, 5.41) is 6.36. The molecule has 0 aliphatic rings. The van der Waals surface area contributed by atoms with Gasteiger partial charge in [0.25, 0.3) is 0 Å². The summed E-state index contributed by atoms with van der Waals surface area (Å²) in [4.78, 5) is 8.54. The Hall–Kier alpha value is -1.32. The predicted octanol–water partition coefficient (Wildman–Crippen LogP) is 2.04. The number of nitrogens with zero attached hydrogens (tertiary/aromatic N) is 2. The molecule has 1 rings (SSSR count). The largest absolute Gasteiger partial charge is 0.370 e. The van der Waals surface area contributed by atoms with Gasteiger partial charge in [0.2, 0.25) is 5.95 Å². The third-order valence-electron chi connectivity index (χ3n) is 1.85. The van der Waals surface area contributed by atoms with Crippen molar-refractivity contribution in [2.75, 3.05) is 23.7 Å². The second-order valence-electron chi connectivity index (χ2n) is 3.18. The molecule has 0 amide bonds. The normalized spacial score (nSPS) is 9.93. The molecular weight excluding hydrogens is 176 g/mol. The van der Waals surface area contributed by atoms with Crippen LogP contribution in [0.15, 0.2) is 6.20 Å². The van der Waals surface area contributed by atoms with E-state index in [4.69, 9.17) is 0 Å². The number of aryl methyl sites for hydroxylation is 1. The lowest BCUT2D eigenvalue weighted by Crippen LogP contribution is -2.08. The number of hydrogen-bond donors (Lipinski definition) is 2. The van der Waals surface area contributed by atoms with Crippen molar-refractivity contribution in [3.63, 3.8) is 0 Å². The molecule has 2 N–H and O–H groups in total. The zero-order valence-electron chi connectivity index (χ0n) is 9.09. The Morgan fingerprint density at radius 2 is 2.07 bits per heavy atom. The highest BCUT2D eigenvalue weighted by Crippen LogP contribution is 2.11. The van der Waals surface area contributed by atoms with E-state index in [1.807, 2.05) is 20.0 Å². The summed E-state index contributed by atoms with van der Waals surface area (Å²) in [6, 6.07) is 0. The number of hydrogen-bond acceptors (Lipinski definition) is 4. The monoisotopic (exact) mass is 194 g/mol. The second-order valence-corrected chi connectivity index (χ2v) is 3.18. The Kier molecular flexibility index (Phi) is 4.16. The van der Waals surface area contributed by atoms with Crippen LogP contribution in [0.25, 0.3) is 0 Å². The number of anilines is 2. The fourth-order valence-electron chi connectivity index (χ4n) is 1.11. The van der Waals surface area contributed by atoms with Crippen LogP contribution in [0.5, 0.6) is 0 Å². The lowest BCUT2D eigenvalue weighted by atomic mass is 10.3. The summed E-state index contributed by atoms with van der Waals surface area (Å²) < 4.78 is 0. The SMILES string of the molecule is CCCNc1nc(NCC)ncc1C. The Morgan fingerprint density at radius 3 is 2.71 bits per heavy atom. The molecule has 4 heteroatoms. The molecule has 0 fully saturated rings. The molecule has 1 aromatic rings. The van der Waals surface area contributed by atoms with Gasteiger partial charge >= 0.3 is 0 Å². The third-order valence-corrected chi connectivity index (χ3v) is 1.85. The van der Waals surface area contributed by atoms with E-state index in [0.29, 0.717) is 5.95 Å². The maximum atomic E-state index is 4.37. The molecule has 1 aromatic heterocycles. The Balaban J connectivity index is 2.74. The molecule has 0 unspecified atom stereocenters. The van der Waals surface area contributed by atoms with Crippen molar-refractivity contribution in [2.24, 2.45) is 0 Å². The molecule has 0 spiro atoms. The number of nitrogens with one attached hydrogen (secondary N) is 2. The van der Waals surface area contributed by atoms with E-state index in [-0.39, 0.29) is 0 Å². The van der Waals surface area contributed by atoms with Crippen molar-refractivity contribution in [2.45, 2.75) is 27.2 Å². The highest BCUT2D eigenvalue weighted by Gasteiger charge is 2.01. The minimum atomic E-state index is 0.691. The third kappa shape index (κ3) is 2.87. The van der Waals surface area contributed by atoms with Crippen molar-refractivity contribution in [1.82, 2.24) is 9.97 Å². The first-order valence-corrected chi connectivity index (χ1v) is 5.09. The first kappa shape index (κ1) is 10.8. The van der Waals surface area contributed by atoms with Crippen molar-refractivity contribution in [1.29, 1.82) is 0 Å². The van der Waals surface area contributed by atoms with E-state index in [2.05, 4.69) is 27.5 Å². The van der Waals surface area contributed by atoms with Gasteiger partial charge in [-0.15, -0.1) is 0 Å². The van der Waals surface area contributed by atoms with Gasteiger partial charge in [-0.1, -0.05) is 6.92 Å². The Morgan fingerprint density at radius 1 is 1.29 bits per heavy atom. The summed E-state index contributed by atoms with van der Waals surface area (Å²) in [7, 11) is 0. The molecule has 0 radical (unpaired) electrons. The predicted molar refractivity (Wildman–Crippen MR) is 59.7 cm³/mol. The summed E-state index contributed by atoms with van der Waals surface area (Å²) in [6.07, 6.45) is 2.93. The molecule has 0 bridgehead atoms. The maximum Gasteiger partial charge on any atom is 0.224 e. The van der Waals surface area contributed by atoms with Crippen LogP contribution in [-0.4, -0.2) is 23.1 Å². The van der Waals surface area contributed by atoms with Crippen LogP contribution in [0.1, 0.15) is 25.8 Å². The van der Waals surface area contributed by atoms with Gasteiger partial charge in [-0.05, 0) is 20.3 Å². The molecule has 0 aliphatic heterocycles. The van der Waals surface area contributed by atoms with Gasteiger partial charge in [0.05, 0.1) is 0 Å². The molecule has 4 nitrogen and oxygen atoms in total. The van der Waals surface area contributed by atoms with Crippen LogP contribution in [0.4, 0.5) is 11.8 Å². The molecule has 0 saturated carbocycles. The van der Waals surface area contributed by atoms with Gasteiger partial charge < -0.3 is 10.6 Å². The average Bonchev–Trinajstić information content (AvgIpc) is 2.19. The quantitative estimate of drug-likeness (QED) is 0.753. The maximum absolute atomic E-state index is 4.37. The molecule has 14 heavy (non-hydrogen) atoms. The van der Waals surface area contributed by atoms with Crippen LogP contribution in [0.3, 0.4) is 0 Å². The molecule has 78 valence electrons. The smallest absolute Gasteiger partial charge is 0.224 e. The molecular formula is C10H18N4. The molecule has 0 atom stereocenters. The van der Waals surface area contributed by atoms with Gasteiger partial charge in [0.1, 0.15) is 5.82 Å². The second kappa shape index (κ2) is 5.42. The number of aromatic nitrogens is 2. The van der Waals surface area contributed by atoms with E-state index in [0.717, 1.165) is 30.9 Å².